The largest absolute Gasteiger partial charge is 0.364 e. The molecule has 0 bridgehead atoms. The maximum absolute atomic E-state index is 11.1. The van der Waals surface area contributed by atoms with Gasteiger partial charge in [0.2, 0.25) is 0 Å². The molecule has 3 N–H and O–H groups in total. The van der Waals surface area contributed by atoms with E-state index in [-0.39, 0.29) is 5.69 Å². The van der Waals surface area contributed by atoms with E-state index in [1.54, 1.807) is 11.3 Å². The van der Waals surface area contributed by atoms with E-state index in [4.69, 9.17) is 10.3 Å². The number of nitrogens with zero attached hydrogens (tertiary/aromatic N) is 1. The van der Waals surface area contributed by atoms with E-state index in [9.17, 15) is 4.79 Å². The van der Waals surface area contributed by atoms with Crippen LogP contribution in [0.25, 0.3) is 0 Å². The summed E-state index contributed by atoms with van der Waals surface area (Å²) >= 11 is 1.70. The van der Waals surface area contributed by atoms with Gasteiger partial charge in [0.25, 0.3) is 5.91 Å². The van der Waals surface area contributed by atoms with Crippen LogP contribution < -0.4 is 11.1 Å². The molecule has 0 unspecified atom stereocenters. The van der Waals surface area contributed by atoms with Gasteiger partial charge in [-0.05, 0) is 17.9 Å². The highest BCUT2D eigenvalue weighted by atomic mass is 32.1. The zero-order valence-electron chi connectivity index (χ0n) is 10.1. The molecule has 2 aromatic heterocycles. The molecule has 0 aliphatic rings. The van der Waals surface area contributed by atoms with Gasteiger partial charge in [0.05, 0.1) is 6.54 Å². The lowest BCUT2D eigenvalue weighted by atomic mass is 10.1. The van der Waals surface area contributed by atoms with Crippen LogP contribution in [0.15, 0.2) is 22.0 Å². The Morgan fingerprint density at radius 2 is 2.39 bits per heavy atom. The van der Waals surface area contributed by atoms with Crippen LogP contribution in [0, 0.1) is 0 Å². The number of nitrogens with two attached hydrogens (primary N) is 1. The van der Waals surface area contributed by atoms with Crippen molar-refractivity contribution in [1.82, 2.24) is 10.5 Å². The number of nitrogens with one attached hydrogen (secondary N) is 1. The van der Waals surface area contributed by atoms with Crippen LogP contribution in [0.3, 0.4) is 0 Å². The standard InChI is InChI=1S/C12H15N3O2S/c1-2-9-10(17-15-11(9)12(13)16)7-14-6-8-4-3-5-18-8/h3-5,14H,2,6-7H2,1H3,(H2,13,16). The molecule has 0 radical (unpaired) electrons. The molecule has 0 atom stereocenters. The Labute approximate surface area is 109 Å². The zero-order chi connectivity index (χ0) is 13.0. The van der Waals surface area contributed by atoms with Gasteiger partial charge >= 0.3 is 0 Å². The van der Waals surface area contributed by atoms with Crippen LogP contribution in [0.2, 0.25) is 0 Å². The molecule has 5 nitrogen and oxygen atoms in total. The summed E-state index contributed by atoms with van der Waals surface area (Å²) in [4.78, 5) is 12.4. The third-order valence-corrected chi connectivity index (χ3v) is 3.50. The minimum atomic E-state index is -0.542. The van der Waals surface area contributed by atoms with Gasteiger partial charge in [0, 0.05) is 17.0 Å². The fourth-order valence-corrected chi connectivity index (χ4v) is 2.43. The molecule has 2 heterocycles. The third kappa shape index (κ3) is 2.77. The van der Waals surface area contributed by atoms with Crippen molar-refractivity contribution in [2.45, 2.75) is 26.4 Å². The summed E-state index contributed by atoms with van der Waals surface area (Å²) in [5.41, 5.74) is 6.26. The lowest BCUT2D eigenvalue weighted by Gasteiger charge is -2.01. The van der Waals surface area contributed by atoms with Crippen molar-refractivity contribution in [3.05, 3.63) is 39.4 Å². The van der Waals surface area contributed by atoms with Crippen LogP contribution in [0.5, 0.6) is 0 Å². The van der Waals surface area contributed by atoms with Gasteiger partial charge in [0.1, 0.15) is 0 Å². The van der Waals surface area contributed by atoms with Gasteiger partial charge in [-0.25, -0.2) is 0 Å². The van der Waals surface area contributed by atoms with Crippen LogP contribution in [-0.2, 0) is 19.5 Å². The Balaban J connectivity index is 1.99. The number of carbonyl (C=O) groups is 1. The first-order valence-corrected chi connectivity index (χ1v) is 6.60. The van der Waals surface area contributed by atoms with Gasteiger partial charge in [0.15, 0.2) is 11.5 Å². The molecule has 0 aromatic carbocycles. The molecular weight excluding hydrogens is 250 g/mol. The summed E-state index contributed by atoms with van der Waals surface area (Å²) in [6, 6.07) is 4.08. The highest BCUT2D eigenvalue weighted by Gasteiger charge is 2.17. The molecule has 96 valence electrons. The summed E-state index contributed by atoms with van der Waals surface area (Å²) in [7, 11) is 0. The summed E-state index contributed by atoms with van der Waals surface area (Å²) in [5.74, 6) is 0.142. The van der Waals surface area contributed by atoms with Crippen LogP contribution in [0.4, 0.5) is 0 Å². The van der Waals surface area contributed by atoms with E-state index >= 15 is 0 Å². The van der Waals surface area contributed by atoms with Gasteiger partial charge in [-0.3, -0.25) is 4.79 Å². The number of thiophene rings is 1. The maximum Gasteiger partial charge on any atom is 0.271 e. The van der Waals surface area contributed by atoms with Gasteiger partial charge < -0.3 is 15.6 Å². The summed E-state index contributed by atoms with van der Waals surface area (Å²) in [5, 5.41) is 9.01. The van der Waals surface area contributed by atoms with Crippen LogP contribution in [-0.4, -0.2) is 11.1 Å². The van der Waals surface area contributed by atoms with Gasteiger partial charge in [-0.2, -0.15) is 0 Å². The van der Waals surface area contributed by atoms with E-state index in [1.807, 2.05) is 18.4 Å². The molecule has 0 saturated heterocycles. The number of hydrogen-bond acceptors (Lipinski definition) is 5. The first-order chi connectivity index (χ1) is 8.72. The van der Waals surface area contributed by atoms with Gasteiger partial charge in [-0.15, -0.1) is 11.3 Å². The topological polar surface area (TPSA) is 81.2 Å². The number of aromatic nitrogens is 1. The smallest absolute Gasteiger partial charge is 0.271 e. The molecule has 0 fully saturated rings. The SMILES string of the molecule is CCc1c(C(N)=O)noc1CNCc1cccs1. The third-order valence-electron chi connectivity index (χ3n) is 2.62. The highest BCUT2D eigenvalue weighted by Crippen LogP contribution is 2.15. The van der Waals surface area contributed by atoms with Crippen LogP contribution in [0.1, 0.15) is 33.6 Å². The minimum Gasteiger partial charge on any atom is -0.364 e. The average Bonchev–Trinajstić information content (AvgIpc) is 2.97. The quantitative estimate of drug-likeness (QED) is 0.832. The first-order valence-electron chi connectivity index (χ1n) is 5.72. The van der Waals surface area contributed by atoms with Crippen molar-refractivity contribution in [3.63, 3.8) is 0 Å². The normalized spacial score (nSPS) is 10.7. The Morgan fingerprint density at radius 3 is 3.00 bits per heavy atom. The van der Waals surface area contributed by atoms with Gasteiger partial charge in [-0.1, -0.05) is 18.1 Å². The monoisotopic (exact) mass is 265 g/mol. The predicted molar refractivity (Wildman–Crippen MR) is 69.3 cm³/mol. The Hall–Kier alpha value is -1.66. The zero-order valence-corrected chi connectivity index (χ0v) is 10.9. The molecule has 0 aliphatic carbocycles. The first kappa shape index (κ1) is 12.8. The molecule has 0 spiro atoms. The lowest BCUT2D eigenvalue weighted by molar-refractivity contribution is 0.0991. The van der Waals surface area contributed by atoms with E-state index in [0.29, 0.717) is 18.7 Å². The summed E-state index contributed by atoms with van der Waals surface area (Å²) in [6.45, 7) is 3.26. The number of hydrogen-bond donors (Lipinski definition) is 2. The number of rotatable bonds is 6. The molecule has 2 rings (SSSR count). The second kappa shape index (κ2) is 5.79. The minimum absolute atomic E-state index is 0.241. The summed E-state index contributed by atoms with van der Waals surface area (Å²) < 4.78 is 5.16. The van der Waals surface area contributed by atoms with Crippen molar-refractivity contribution in [3.8, 4) is 0 Å². The average molecular weight is 265 g/mol. The Bertz CT molecular complexity index is 519. The fourth-order valence-electron chi connectivity index (χ4n) is 1.75. The maximum atomic E-state index is 11.1. The number of amides is 1. The second-order valence-corrected chi connectivity index (χ2v) is 4.87. The second-order valence-electron chi connectivity index (χ2n) is 3.83. The van der Waals surface area contributed by atoms with Crippen molar-refractivity contribution in [2.24, 2.45) is 5.73 Å². The van der Waals surface area contributed by atoms with E-state index in [0.717, 1.165) is 12.1 Å². The number of carbonyl (C=O) groups excluding carboxylic acids is 1. The molecule has 1 amide bonds. The van der Waals surface area contributed by atoms with E-state index < -0.39 is 5.91 Å². The molecule has 6 heteroatoms. The molecule has 2 aromatic rings. The van der Waals surface area contributed by atoms with E-state index in [2.05, 4.69) is 16.5 Å². The van der Waals surface area contributed by atoms with Crippen molar-refractivity contribution < 1.29 is 9.32 Å². The lowest BCUT2D eigenvalue weighted by Crippen LogP contribution is -2.15. The Kier molecular flexibility index (Phi) is 4.11. The molecule has 0 saturated carbocycles. The predicted octanol–water partition coefficient (Wildman–Crippen LogP) is 1.69. The highest BCUT2D eigenvalue weighted by molar-refractivity contribution is 7.09. The van der Waals surface area contributed by atoms with E-state index in [1.165, 1.54) is 4.88 Å². The molecular formula is C12H15N3O2S. The Morgan fingerprint density at radius 1 is 1.56 bits per heavy atom. The molecule has 18 heavy (non-hydrogen) atoms. The van der Waals surface area contributed by atoms with Crippen molar-refractivity contribution in [2.75, 3.05) is 0 Å². The molecule has 0 aliphatic heterocycles. The van der Waals surface area contributed by atoms with Crippen molar-refractivity contribution >= 4 is 17.2 Å². The fraction of sp³-hybridized carbons (Fsp3) is 0.333. The van der Waals surface area contributed by atoms with Crippen LogP contribution >= 0.6 is 11.3 Å². The summed E-state index contributed by atoms with van der Waals surface area (Å²) in [6.07, 6.45) is 0.678. The number of primary amides is 1. The van der Waals surface area contributed by atoms with Crippen molar-refractivity contribution in [1.29, 1.82) is 0 Å².